The lowest BCUT2D eigenvalue weighted by Crippen LogP contribution is -2.33. The van der Waals surface area contributed by atoms with Gasteiger partial charge in [-0.1, -0.05) is 59.6 Å². The molecule has 3 aromatic carbocycles. The van der Waals surface area contributed by atoms with Crippen LogP contribution < -0.4 is 5.73 Å². The summed E-state index contributed by atoms with van der Waals surface area (Å²) in [6, 6.07) is 20.5. The molecule has 13 heteroatoms. The first-order valence-corrected chi connectivity index (χ1v) is 12.8. The van der Waals surface area contributed by atoms with Gasteiger partial charge in [-0.2, -0.15) is 18.7 Å². The molecule has 0 spiro atoms. The number of halogens is 2. The number of H-pyrrole nitrogens is 1. The molecule has 2 heterocycles. The molecule has 182 valence electrons. The summed E-state index contributed by atoms with van der Waals surface area (Å²) in [5, 5.41) is 21.0. The molecule has 1 unspecified atom stereocenters. The van der Waals surface area contributed by atoms with Crippen LogP contribution in [0.2, 0.25) is 10.0 Å². The van der Waals surface area contributed by atoms with Crippen molar-refractivity contribution in [2.75, 3.05) is 6.54 Å². The van der Waals surface area contributed by atoms with Crippen LogP contribution in [0.5, 0.6) is 0 Å². The van der Waals surface area contributed by atoms with Gasteiger partial charge in [0.1, 0.15) is 0 Å². The molecule has 0 radical (unpaired) electrons. The molecule has 0 fully saturated rings. The summed E-state index contributed by atoms with van der Waals surface area (Å²) in [5.74, 6) is 0.00443. The zero-order chi connectivity index (χ0) is 25.3. The van der Waals surface area contributed by atoms with Crippen molar-refractivity contribution in [1.82, 2.24) is 25.6 Å². The molecule has 0 bridgehead atoms. The Balaban J connectivity index is 1.48. The average Bonchev–Trinajstić information content (AvgIpc) is 3.56. The highest BCUT2D eigenvalue weighted by atomic mass is 35.5. The Hall–Kier alpha value is -3.80. The number of rotatable bonds is 5. The maximum absolute atomic E-state index is 12.8. The summed E-state index contributed by atoms with van der Waals surface area (Å²) in [4.78, 5) is -0.0236. The highest BCUT2D eigenvalue weighted by Gasteiger charge is 2.31. The van der Waals surface area contributed by atoms with Crippen LogP contribution in [-0.2, 0) is 10.0 Å². The SMILES string of the molecule is N/C(=N\S(=O)(=O)c1ccc(Cl)cc1)N1CC(c2ccc(-c3nn[nH]n3)cc2)C(c2ccc(Cl)cc2)=N1. The summed E-state index contributed by atoms with van der Waals surface area (Å²) >= 11 is 11.9. The molecule has 1 aliphatic heterocycles. The number of hydrazone groups is 1. The van der Waals surface area contributed by atoms with Crippen molar-refractivity contribution in [3.8, 4) is 11.4 Å². The van der Waals surface area contributed by atoms with E-state index < -0.39 is 10.0 Å². The maximum atomic E-state index is 12.8. The molecular weight excluding hydrogens is 523 g/mol. The number of sulfonamides is 1. The molecule has 1 aromatic heterocycles. The molecular formula is C23H18Cl2N8O2S. The second kappa shape index (κ2) is 9.69. The lowest BCUT2D eigenvalue weighted by atomic mass is 9.90. The summed E-state index contributed by atoms with van der Waals surface area (Å²) in [6.07, 6.45) is 0. The number of hydrogen-bond donors (Lipinski definition) is 2. The van der Waals surface area contributed by atoms with Gasteiger partial charge < -0.3 is 5.73 Å². The zero-order valence-electron chi connectivity index (χ0n) is 18.5. The van der Waals surface area contributed by atoms with Gasteiger partial charge in [-0.25, -0.2) is 5.01 Å². The first-order chi connectivity index (χ1) is 17.3. The van der Waals surface area contributed by atoms with E-state index in [1.54, 1.807) is 12.1 Å². The van der Waals surface area contributed by atoms with Gasteiger partial charge in [-0.15, -0.1) is 14.6 Å². The molecule has 5 rings (SSSR count). The van der Waals surface area contributed by atoms with Gasteiger partial charge in [0.2, 0.25) is 11.8 Å². The van der Waals surface area contributed by atoms with Crippen molar-refractivity contribution < 1.29 is 8.42 Å². The number of guanidine groups is 1. The number of hydrogen-bond acceptors (Lipinski definition) is 6. The fourth-order valence-electron chi connectivity index (χ4n) is 3.77. The van der Waals surface area contributed by atoms with E-state index in [0.29, 0.717) is 21.6 Å². The number of nitrogens with zero attached hydrogens (tertiary/aromatic N) is 6. The van der Waals surface area contributed by atoms with Crippen LogP contribution in [0.25, 0.3) is 11.4 Å². The van der Waals surface area contributed by atoms with Crippen molar-refractivity contribution in [3.63, 3.8) is 0 Å². The number of benzene rings is 3. The predicted molar refractivity (Wildman–Crippen MR) is 137 cm³/mol. The molecule has 1 atom stereocenters. The Bertz CT molecular complexity index is 1540. The average molecular weight is 541 g/mol. The number of nitrogens with one attached hydrogen (secondary N) is 1. The summed E-state index contributed by atoms with van der Waals surface area (Å²) in [6.45, 7) is 0.283. The van der Waals surface area contributed by atoms with Crippen molar-refractivity contribution in [2.24, 2.45) is 15.2 Å². The van der Waals surface area contributed by atoms with E-state index in [0.717, 1.165) is 16.7 Å². The van der Waals surface area contributed by atoms with Crippen LogP contribution in [0.1, 0.15) is 17.0 Å². The third-order valence-corrected chi connectivity index (χ3v) is 7.36. The highest BCUT2D eigenvalue weighted by Crippen LogP contribution is 2.30. The quantitative estimate of drug-likeness (QED) is 0.290. The highest BCUT2D eigenvalue weighted by molar-refractivity contribution is 7.90. The van der Waals surface area contributed by atoms with Gasteiger partial charge in [0.05, 0.1) is 17.2 Å². The van der Waals surface area contributed by atoms with Crippen molar-refractivity contribution in [3.05, 3.63) is 94.0 Å². The second-order valence-corrected chi connectivity index (χ2v) is 10.3. The van der Waals surface area contributed by atoms with Crippen LogP contribution in [0, 0.1) is 0 Å². The Kier molecular flexibility index (Phi) is 6.44. The lowest BCUT2D eigenvalue weighted by molar-refractivity contribution is 0.470. The largest absolute Gasteiger partial charge is 0.367 e. The minimum atomic E-state index is -4.06. The third kappa shape index (κ3) is 4.94. The fourth-order valence-corrected chi connectivity index (χ4v) is 4.94. The topological polar surface area (TPSA) is 143 Å². The monoisotopic (exact) mass is 540 g/mol. The smallest absolute Gasteiger partial charge is 0.285 e. The van der Waals surface area contributed by atoms with E-state index in [1.807, 2.05) is 36.4 Å². The first-order valence-electron chi connectivity index (χ1n) is 10.6. The summed E-state index contributed by atoms with van der Waals surface area (Å²) in [7, 11) is -4.06. The van der Waals surface area contributed by atoms with E-state index in [4.69, 9.17) is 28.9 Å². The molecule has 3 N–H and O–H groups in total. The Morgan fingerprint density at radius 3 is 2.17 bits per heavy atom. The van der Waals surface area contributed by atoms with Crippen LogP contribution in [-0.4, -0.2) is 52.3 Å². The first kappa shape index (κ1) is 23.9. The van der Waals surface area contributed by atoms with Crippen LogP contribution in [0.3, 0.4) is 0 Å². The summed E-state index contributed by atoms with van der Waals surface area (Å²) in [5.41, 5.74) is 9.39. The molecule has 10 nitrogen and oxygen atoms in total. The van der Waals surface area contributed by atoms with Gasteiger partial charge in [0.25, 0.3) is 10.0 Å². The van der Waals surface area contributed by atoms with E-state index >= 15 is 0 Å². The Labute approximate surface area is 216 Å². The lowest BCUT2D eigenvalue weighted by Gasteiger charge is -2.16. The van der Waals surface area contributed by atoms with Gasteiger partial charge in [0, 0.05) is 21.5 Å². The molecule has 0 amide bonds. The van der Waals surface area contributed by atoms with Crippen molar-refractivity contribution >= 4 is 44.9 Å². The normalized spacial score (nSPS) is 16.3. The zero-order valence-corrected chi connectivity index (χ0v) is 20.8. The van der Waals surface area contributed by atoms with Crippen LogP contribution in [0.15, 0.2) is 87.2 Å². The minimum absolute atomic E-state index is 0.0236. The van der Waals surface area contributed by atoms with E-state index in [-0.39, 0.29) is 23.3 Å². The Morgan fingerprint density at radius 2 is 1.56 bits per heavy atom. The molecule has 0 saturated carbocycles. The van der Waals surface area contributed by atoms with Crippen molar-refractivity contribution in [1.29, 1.82) is 0 Å². The standard InChI is InChI=1S/C23H18Cl2N8O2S/c24-17-7-5-15(6-8-17)21-20(14-1-3-16(4-2-14)22-27-31-32-28-22)13-33(29-21)23(26)30-36(34,35)19-11-9-18(25)10-12-19/h1-12,20H,13H2,(H2,26,30)(H,27,28,31,32). The van der Waals surface area contributed by atoms with Crippen molar-refractivity contribution in [2.45, 2.75) is 10.8 Å². The Morgan fingerprint density at radius 1 is 0.944 bits per heavy atom. The number of nitrogens with two attached hydrogens (primary N) is 1. The van der Waals surface area contributed by atoms with Crippen LogP contribution >= 0.6 is 23.2 Å². The molecule has 36 heavy (non-hydrogen) atoms. The second-order valence-electron chi connectivity index (χ2n) is 7.86. The van der Waals surface area contributed by atoms with Gasteiger partial charge in [0.15, 0.2) is 0 Å². The van der Waals surface area contributed by atoms with E-state index in [2.05, 4.69) is 30.1 Å². The number of aromatic nitrogens is 4. The van der Waals surface area contributed by atoms with Gasteiger partial charge >= 0.3 is 0 Å². The third-order valence-electron chi connectivity index (χ3n) is 5.56. The molecule has 4 aromatic rings. The molecule has 1 aliphatic rings. The number of aromatic amines is 1. The number of tetrazole rings is 1. The minimum Gasteiger partial charge on any atom is -0.367 e. The fraction of sp³-hybridized carbons (Fsp3) is 0.0870. The predicted octanol–water partition coefficient (Wildman–Crippen LogP) is 3.68. The van der Waals surface area contributed by atoms with E-state index in [9.17, 15) is 8.42 Å². The molecule has 0 saturated heterocycles. The molecule has 0 aliphatic carbocycles. The summed E-state index contributed by atoms with van der Waals surface area (Å²) < 4.78 is 29.4. The maximum Gasteiger partial charge on any atom is 0.285 e. The van der Waals surface area contributed by atoms with Gasteiger partial charge in [-0.3, -0.25) is 0 Å². The van der Waals surface area contributed by atoms with Crippen LogP contribution in [0.4, 0.5) is 0 Å². The van der Waals surface area contributed by atoms with E-state index in [1.165, 1.54) is 29.3 Å². The van der Waals surface area contributed by atoms with Gasteiger partial charge in [-0.05, 0) is 52.7 Å².